The highest BCUT2D eigenvalue weighted by atomic mass is 15.3. The summed E-state index contributed by atoms with van der Waals surface area (Å²) in [6.07, 6.45) is 3.28. The van der Waals surface area contributed by atoms with Gasteiger partial charge in [-0.15, -0.1) is 0 Å². The Balaban J connectivity index is 2.19. The van der Waals surface area contributed by atoms with E-state index in [4.69, 9.17) is 0 Å². The number of hydrogen-bond donors (Lipinski definition) is 1. The summed E-state index contributed by atoms with van der Waals surface area (Å²) in [5.74, 6) is 0. The van der Waals surface area contributed by atoms with E-state index in [0.717, 1.165) is 31.7 Å². The van der Waals surface area contributed by atoms with Crippen molar-refractivity contribution < 1.29 is 0 Å². The standard InChI is InChI=1S/C12H22N4/c1-5-12(3)9-16(7-6-13-12)11-8-15(4)14-10(11)2/h8,13H,5-7,9H2,1-4H3. The molecule has 2 rings (SSSR count). The molecule has 0 saturated carbocycles. The van der Waals surface area contributed by atoms with Crippen molar-refractivity contribution in [2.24, 2.45) is 7.05 Å². The third kappa shape index (κ3) is 2.07. The van der Waals surface area contributed by atoms with Crippen LogP contribution in [0.2, 0.25) is 0 Å². The first kappa shape index (κ1) is 11.5. The number of hydrogen-bond acceptors (Lipinski definition) is 3. The lowest BCUT2D eigenvalue weighted by atomic mass is 9.95. The van der Waals surface area contributed by atoms with Crippen molar-refractivity contribution in [2.45, 2.75) is 32.7 Å². The lowest BCUT2D eigenvalue weighted by Gasteiger charge is -2.42. The molecule has 0 spiro atoms. The lowest BCUT2D eigenvalue weighted by molar-refractivity contribution is 0.314. The SMILES string of the molecule is CCC1(C)CN(c2cn(C)nc2C)CCN1. The first-order chi connectivity index (χ1) is 7.54. The molecule has 4 heteroatoms. The molecule has 16 heavy (non-hydrogen) atoms. The minimum atomic E-state index is 0.237. The fourth-order valence-corrected chi connectivity index (χ4v) is 2.39. The molecule has 1 unspecified atom stereocenters. The molecule has 1 N–H and O–H groups in total. The van der Waals surface area contributed by atoms with Gasteiger partial charge in [-0.2, -0.15) is 5.10 Å². The molecule has 4 nitrogen and oxygen atoms in total. The molecule has 1 aliphatic heterocycles. The van der Waals surface area contributed by atoms with Crippen molar-refractivity contribution in [1.29, 1.82) is 0 Å². The molecular weight excluding hydrogens is 200 g/mol. The van der Waals surface area contributed by atoms with Crippen molar-refractivity contribution in [3.05, 3.63) is 11.9 Å². The van der Waals surface area contributed by atoms with Crippen molar-refractivity contribution in [1.82, 2.24) is 15.1 Å². The van der Waals surface area contributed by atoms with Gasteiger partial charge in [0.1, 0.15) is 0 Å². The summed E-state index contributed by atoms with van der Waals surface area (Å²) < 4.78 is 1.90. The molecule has 90 valence electrons. The van der Waals surface area contributed by atoms with Crippen molar-refractivity contribution in [3.8, 4) is 0 Å². The van der Waals surface area contributed by atoms with E-state index in [2.05, 4.69) is 42.3 Å². The second-order valence-corrected chi connectivity index (χ2v) is 5.04. The Kier molecular flexibility index (Phi) is 2.93. The summed E-state index contributed by atoms with van der Waals surface area (Å²) in [5.41, 5.74) is 2.65. The molecule has 0 amide bonds. The van der Waals surface area contributed by atoms with Gasteiger partial charge >= 0.3 is 0 Å². The van der Waals surface area contributed by atoms with Gasteiger partial charge in [-0.3, -0.25) is 4.68 Å². The molecule has 1 saturated heterocycles. The van der Waals surface area contributed by atoms with Crippen molar-refractivity contribution >= 4 is 5.69 Å². The number of aryl methyl sites for hydroxylation is 2. The predicted octanol–water partition coefficient (Wildman–Crippen LogP) is 1.31. The average molecular weight is 222 g/mol. The summed E-state index contributed by atoms with van der Waals surface area (Å²) in [6.45, 7) is 9.81. The minimum Gasteiger partial charge on any atom is -0.366 e. The van der Waals surface area contributed by atoms with Gasteiger partial charge in [-0.1, -0.05) is 6.92 Å². The maximum absolute atomic E-state index is 4.41. The molecule has 0 radical (unpaired) electrons. The maximum atomic E-state index is 4.41. The van der Waals surface area contributed by atoms with E-state index >= 15 is 0 Å². The highest BCUT2D eigenvalue weighted by Crippen LogP contribution is 2.23. The smallest absolute Gasteiger partial charge is 0.0827 e. The highest BCUT2D eigenvalue weighted by molar-refractivity contribution is 5.49. The molecule has 1 aromatic heterocycles. The molecular formula is C12H22N4. The zero-order valence-electron chi connectivity index (χ0n) is 10.7. The van der Waals surface area contributed by atoms with Crippen LogP contribution in [0.25, 0.3) is 0 Å². The summed E-state index contributed by atoms with van der Waals surface area (Å²) in [6, 6.07) is 0. The Hall–Kier alpha value is -1.03. The Bertz CT molecular complexity index is 371. The van der Waals surface area contributed by atoms with Gasteiger partial charge < -0.3 is 10.2 Å². The Labute approximate surface area is 97.6 Å². The van der Waals surface area contributed by atoms with Crippen LogP contribution in [0, 0.1) is 6.92 Å². The molecule has 0 aliphatic carbocycles. The van der Waals surface area contributed by atoms with Crippen LogP contribution in [-0.4, -0.2) is 35.0 Å². The van der Waals surface area contributed by atoms with Gasteiger partial charge in [0.25, 0.3) is 0 Å². The van der Waals surface area contributed by atoms with Gasteiger partial charge in [0.2, 0.25) is 0 Å². The third-order valence-corrected chi connectivity index (χ3v) is 3.58. The van der Waals surface area contributed by atoms with Crippen LogP contribution in [0.3, 0.4) is 0 Å². The molecule has 0 bridgehead atoms. The number of aromatic nitrogens is 2. The number of nitrogens with one attached hydrogen (secondary N) is 1. The molecule has 1 aromatic rings. The third-order valence-electron chi connectivity index (χ3n) is 3.58. The second kappa shape index (κ2) is 4.09. The van der Waals surface area contributed by atoms with Crippen LogP contribution >= 0.6 is 0 Å². The van der Waals surface area contributed by atoms with Crippen molar-refractivity contribution in [3.63, 3.8) is 0 Å². The fraction of sp³-hybridized carbons (Fsp3) is 0.750. The van der Waals surface area contributed by atoms with E-state index < -0.39 is 0 Å². The van der Waals surface area contributed by atoms with Crippen molar-refractivity contribution in [2.75, 3.05) is 24.5 Å². The van der Waals surface area contributed by atoms with Crippen LogP contribution in [0.1, 0.15) is 26.0 Å². The fourth-order valence-electron chi connectivity index (χ4n) is 2.39. The number of anilines is 1. The van der Waals surface area contributed by atoms with Crippen LogP contribution in [0.15, 0.2) is 6.20 Å². The van der Waals surface area contributed by atoms with Crippen LogP contribution in [-0.2, 0) is 7.05 Å². The normalized spacial score (nSPS) is 26.1. The first-order valence-electron chi connectivity index (χ1n) is 6.04. The van der Waals surface area contributed by atoms with Crippen LogP contribution in [0.4, 0.5) is 5.69 Å². The van der Waals surface area contributed by atoms with Gasteiger partial charge in [-0.05, 0) is 20.3 Å². The lowest BCUT2D eigenvalue weighted by Crippen LogP contribution is -2.58. The maximum Gasteiger partial charge on any atom is 0.0827 e. The Morgan fingerprint density at radius 3 is 2.88 bits per heavy atom. The summed E-state index contributed by atoms with van der Waals surface area (Å²) >= 11 is 0. The molecule has 1 fully saturated rings. The zero-order valence-corrected chi connectivity index (χ0v) is 10.7. The minimum absolute atomic E-state index is 0.237. The average Bonchev–Trinajstić information content (AvgIpc) is 2.58. The number of piperazine rings is 1. The van der Waals surface area contributed by atoms with Gasteiger partial charge in [0, 0.05) is 38.4 Å². The van der Waals surface area contributed by atoms with E-state index in [1.807, 2.05) is 11.7 Å². The van der Waals surface area contributed by atoms with E-state index in [0.29, 0.717) is 0 Å². The van der Waals surface area contributed by atoms with Gasteiger partial charge in [-0.25, -0.2) is 0 Å². The van der Waals surface area contributed by atoms with Gasteiger partial charge in [0.05, 0.1) is 11.4 Å². The quantitative estimate of drug-likeness (QED) is 0.819. The largest absolute Gasteiger partial charge is 0.366 e. The van der Waals surface area contributed by atoms with Crippen LogP contribution in [0.5, 0.6) is 0 Å². The topological polar surface area (TPSA) is 33.1 Å². The summed E-state index contributed by atoms with van der Waals surface area (Å²) in [4.78, 5) is 2.45. The van der Waals surface area contributed by atoms with E-state index in [1.165, 1.54) is 5.69 Å². The molecule has 0 aromatic carbocycles. The Morgan fingerprint density at radius 2 is 2.31 bits per heavy atom. The molecule has 1 atom stereocenters. The second-order valence-electron chi connectivity index (χ2n) is 5.04. The van der Waals surface area contributed by atoms with Crippen LogP contribution < -0.4 is 10.2 Å². The van der Waals surface area contributed by atoms with E-state index in [-0.39, 0.29) is 5.54 Å². The van der Waals surface area contributed by atoms with E-state index in [9.17, 15) is 0 Å². The first-order valence-corrected chi connectivity index (χ1v) is 6.04. The monoisotopic (exact) mass is 222 g/mol. The van der Waals surface area contributed by atoms with Gasteiger partial charge in [0.15, 0.2) is 0 Å². The number of rotatable bonds is 2. The highest BCUT2D eigenvalue weighted by Gasteiger charge is 2.29. The van der Waals surface area contributed by atoms with E-state index in [1.54, 1.807) is 0 Å². The summed E-state index contributed by atoms with van der Waals surface area (Å²) in [5, 5.41) is 8.02. The molecule has 2 heterocycles. The summed E-state index contributed by atoms with van der Waals surface area (Å²) in [7, 11) is 1.98. The zero-order chi connectivity index (χ0) is 11.8. The predicted molar refractivity (Wildman–Crippen MR) is 66.9 cm³/mol. The molecule has 1 aliphatic rings. The Morgan fingerprint density at radius 1 is 1.56 bits per heavy atom. The number of nitrogens with zero attached hydrogens (tertiary/aromatic N) is 3.